The second-order valence-corrected chi connectivity index (χ2v) is 7.62. The molecule has 0 bridgehead atoms. The molecule has 150 valence electrons. The molecule has 0 spiro atoms. The molecular formula is C20H20FN5O2S. The monoisotopic (exact) mass is 413 g/mol. The SMILES string of the molecule is CCOc1ccc(NC(=O)[C@H]2Sc3nnc(C)n3N[C@H]2c2ccc(F)cc2)cc1. The summed E-state index contributed by atoms with van der Waals surface area (Å²) in [5, 5.41) is 11.2. The Morgan fingerprint density at radius 2 is 1.93 bits per heavy atom. The molecule has 2 aromatic carbocycles. The quantitative estimate of drug-likeness (QED) is 0.666. The number of nitrogens with zero attached hydrogens (tertiary/aromatic N) is 3. The van der Waals surface area contributed by atoms with E-state index in [1.807, 2.05) is 26.0 Å². The van der Waals surface area contributed by atoms with E-state index in [2.05, 4.69) is 20.9 Å². The molecule has 3 aromatic rings. The minimum atomic E-state index is -0.525. The predicted molar refractivity (Wildman–Crippen MR) is 109 cm³/mol. The standard InChI is InChI=1S/C20H20FN5O2S/c1-3-28-16-10-8-15(9-11-16)22-19(27)18-17(13-4-6-14(21)7-5-13)25-26-12(2)23-24-20(26)29-18/h4-11,17-18,25H,3H2,1-2H3,(H,22,27)/t17-,18-/m0/s1. The maximum atomic E-state index is 13.4. The number of anilines is 1. The number of aryl methyl sites for hydroxylation is 1. The van der Waals surface area contributed by atoms with Crippen molar-refractivity contribution in [3.8, 4) is 5.75 Å². The number of rotatable bonds is 5. The number of carbonyl (C=O) groups excluding carboxylic acids is 1. The van der Waals surface area contributed by atoms with Gasteiger partial charge in [-0.05, 0) is 55.8 Å². The zero-order valence-electron chi connectivity index (χ0n) is 15.9. The number of hydrogen-bond donors (Lipinski definition) is 2. The zero-order valence-corrected chi connectivity index (χ0v) is 16.7. The first kappa shape index (κ1) is 19.3. The fraction of sp³-hybridized carbons (Fsp3) is 0.250. The fourth-order valence-corrected chi connectivity index (χ4v) is 4.22. The van der Waals surface area contributed by atoms with Crippen LogP contribution in [0.3, 0.4) is 0 Å². The summed E-state index contributed by atoms with van der Waals surface area (Å²) >= 11 is 1.32. The number of hydrogen-bond acceptors (Lipinski definition) is 6. The molecule has 0 fully saturated rings. The van der Waals surface area contributed by atoms with Gasteiger partial charge < -0.3 is 15.5 Å². The number of fused-ring (bicyclic) bond motifs is 1. The van der Waals surface area contributed by atoms with Crippen LogP contribution >= 0.6 is 11.8 Å². The van der Waals surface area contributed by atoms with E-state index < -0.39 is 5.25 Å². The van der Waals surface area contributed by atoms with Gasteiger partial charge in [-0.2, -0.15) is 0 Å². The first-order valence-electron chi connectivity index (χ1n) is 9.19. The topological polar surface area (TPSA) is 81.1 Å². The highest BCUT2D eigenvalue weighted by molar-refractivity contribution is 8.00. The summed E-state index contributed by atoms with van der Waals surface area (Å²) < 4.78 is 20.6. The van der Waals surface area contributed by atoms with E-state index in [9.17, 15) is 9.18 Å². The maximum Gasteiger partial charge on any atom is 0.240 e. The number of ether oxygens (including phenoxy) is 1. The Morgan fingerprint density at radius 1 is 1.21 bits per heavy atom. The molecule has 9 heteroatoms. The maximum absolute atomic E-state index is 13.4. The van der Waals surface area contributed by atoms with E-state index in [1.165, 1.54) is 23.9 Å². The van der Waals surface area contributed by atoms with Crippen molar-refractivity contribution in [3.63, 3.8) is 0 Å². The minimum Gasteiger partial charge on any atom is -0.494 e. The second kappa shape index (κ2) is 8.12. The van der Waals surface area contributed by atoms with Crippen molar-refractivity contribution in [1.29, 1.82) is 0 Å². The third-order valence-corrected chi connectivity index (χ3v) is 5.73. The number of benzene rings is 2. The van der Waals surface area contributed by atoms with E-state index in [0.29, 0.717) is 23.3 Å². The Kier molecular flexibility index (Phi) is 5.39. The van der Waals surface area contributed by atoms with Crippen LogP contribution in [0.1, 0.15) is 24.4 Å². The van der Waals surface area contributed by atoms with Crippen molar-refractivity contribution in [3.05, 3.63) is 65.7 Å². The van der Waals surface area contributed by atoms with Gasteiger partial charge >= 0.3 is 0 Å². The molecule has 1 aliphatic rings. The van der Waals surface area contributed by atoms with Gasteiger partial charge in [-0.3, -0.25) is 4.79 Å². The Balaban J connectivity index is 1.59. The summed E-state index contributed by atoms with van der Waals surface area (Å²) in [5.74, 6) is 0.915. The molecule has 1 aliphatic heterocycles. The number of amides is 1. The summed E-state index contributed by atoms with van der Waals surface area (Å²) in [4.78, 5) is 13.1. The van der Waals surface area contributed by atoms with E-state index in [0.717, 1.165) is 11.3 Å². The first-order valence-corrected chi connectivity index (χ1v) is 10.1. The van der Waals surface area contributed by atoms with E-state index in [1.54, 1.807) is 28.9 Å². The largest absolute Gasteiger partial charge is 0.494 e. The Labute approximate surface area is 171 Å². The molecule has 7 nitrogen and oxygen atoms in total. The van der Waals surface area contributed by atoms with Crippen molar-refractivity contribution >= 4 is 23.4 Å². The van der Waals surface area contributed by atoms with Gasteiger partial charge in [0.05, 0.1) is 12.6 Å². The van der Waals surface area contributed by atoms with Crippen LogP contribution in [0.25, 0.3) is 0 Å². The molecule has 29 heavy (non-hydrogen) atoms. The van der Waals surface area contributed by atoms with Gasteiger partial charge in [-0.1, -0.05) is 23.9 Å². The van der Waals surface area contributed by atoms with Crippen LogP contribution in [0.2, 0.25) is 0 Å². The van der Waals surface area contributed by atoms with Gasteiger partial charge in [0.1, 0.15) is 22.6 Å². The Hall–Kier alpha value is -3.07. The number of thioether (sulfide) groups is 1. The van der Waals surface area contributed by atoms with Crippen LogP contribution in [-0.4, -0.2) is 32.6 Å². The van der Waals surface area contributed by atoms with Crippen molar-refractivity contribution in [2.75, 3.05) is 17.3 Å². The summed E-state index contributed by atoms with van der Waals surface area (Å²) in [6.07, 6.45) is 0. The number of carbonyl (C=O) groups is 1. The predicted octanol–water partition coefficient (Wildman–Crippen LogP) is 3.52. The van der Waals surface area contributed by atoms with Crippen LogP contribution in [0, 0.1) is 12.7 Å². The molecule has 2 heterocycles. The molecule has 0 saturated carbocycles. The van der Waals surface area contributed by atoms with Crippen LogP contribution in [0.15, 0.2) is 53.7 Å². The highest BCUT2D eigenvalue weighted by Crippen LogP contribution is 2.37. The Morgan fingerprint density at radius 3 is 2.62 bits per heavy atom. The molecule has 2 N–H and O–H groups in total. The lowest BCUT2D eigenvalue weighted by atomic mass is 10.0. The number of aromatic nitrogens is 3. The molecule has 4 rings (SSSR count). The third kappa shape index (κ3) is 4.04. The lowest BCUT2D eigenvalue weighted by Gasteiger charge is -2.32. The van der Waals surface area contributed by atoms with Gasteiger partial charge in [-0.25, -0.2) is 9.07 Å². The molecule has 0 aliphatic carbocycles. The van der Waals surface area contributed by atoms with Gasteiger partial charge in [0.2, 0.25) is 11.1 Å². The third-order valence-electron chi connectivity index (χ3n) is 4.52. The van der Waals surface area contributed by atoms with Crippen LogP contribution in [-0.2, 0) is 4.79 Å². The second-order valence-electron chi connectivity index (χ2n) is 6.51. The van der Waals surface area contributed by atoms with E-state index >= 15 is 0 Å². The highest BCUT2D eigenvalue weighted by Gasteiger charge is 2.37. The van der Waals surface area contributed by atoms with E-state index in [4.69, 9.17) is 4.74 Å². The average molecular weight is 413 g/mol. The number of halogens is 1. The van der Waals surface area contributed by atoms with Crippen molar-refractivity contribution < 1.29 is 13.9 Å². The molecular weight excluding hydrogens is 393 g/mol. The smallest absolute Gasteiger partial charge is 0.240 e. The normalized spacial score (nSPS) is 17.9. The van der Waals surface area contributed by atoms with Gasteiger partial charge in [0, 0.05) is 5.69 Å². The zero-order chi connectivity index (χ0) is 20.4. The molecule has 0 radical (unpaired) electrons. The summed E-state index contributed by atoms with van der Waals surface area (Å²) in [6.45, 7) is 4.32. The molecule has 0 unspecified atom stereocenters. The number of nitrogens with one attached hydrogen (secondary N) is 2. The average Bonchev–Trinajstić information content (AvgIpc) is 3.09. The van der Waals surface area contributed by atoms with Crippen molar-refractivity contribution in [1.82, 2.24) is 14.9 Å². The highest BCUT2D eigenvalue weighted by atomic mass is 32.2. The lowest BCUT2D eigenvalue weighted by Crippen LogP contribution is -2.41. The molecule has 1 amide bonds. The molecule has 0 saturated heterocycles. The summed E-state index contributed by atoms with van der Waals surface area (Å²) in [7, 11) is 0. The summed E-state index contributed by atoms with van der Waals surface area (Å²) in [5.41, 5.74) is 4.75. The van der Waals surface area contributed by atoms with Gasteiger partial charge in [0.15, 0.2) is 0 Å². The molecule has 2 atom stereocenters. The lowest BCUT2D eigenvalue weighted by molar-refractivity contribution is -0.116. The van der Waals surface area contributed by atoms with Gasteiger partial charge in [-0.15, -0.1) is 10.2 Å². The summed E-state index contributed by atoms with van der Waals surface area (Å²) in [6, 6.07) is 12.9. The fourth-order valence-electron chi connectivity index (χ4n) is 3.10. The van der Waals surface area contributed by atoms with Gasteiger partial charge in [0.25, 0.3) is 0 Å². The molecule has 1 aromatic heterocycles. The van der Waals surface area contributed by atoms with Crippen LogP contribution < -0.4 is 15.5 Å². The van der Waals surface area contributed by atoms with Crippen molar-refractivity contribution in [2.45, 2.75) is 30.3 Å². The van der Waals surface area contributed by atoms with Crippen LogP contribution in [0.5, 0.6) is 5.75 Å². The first-order chi connectivity index (χ1) is 14.0. The Bertz CT molecular complexity index is 1010. The van der Waals surface area contributed by atoms with Crippen molar-refractivity contribution in [2.24, 2.45) is 0 Å². The van der Waals surface area contributed by atoms with E-state index in [-0.39, 0.29) is 17.8 Å². The van der Waals surface area contributed by atoms with Crippen LogP contribution in [0.4, 0.5) is 10.1 Å². The minimum absolute atomic E-state index is 0.187.